The maximum Gasteiger partial charge on any atom is 0.280 e. The Morgan fingerprint density at radius 3 is 2.55 bits per heavy atom. The number of rotatable bonds is 1. The maximum absolute atomic E-state index is 12.3. The van der Waals surface area contributed by atoms with Crippen molar-refractivity contribution >= 4 is 21.7 Å². The molecular weight excluding hydrogens is 278 g/mol. The van der Waals surface area contributed by atoms with E-state index < -0.39 is 15.7 Å². The molecule has 0 radical (unpaired) electrons. The van der Waals surface area contributed by atoms with Gasteiger partial charge in [0.25, 0.3) is 5.91 Å². The van der Waals surface area contributed by atoms with Crippen LogP contribution >= 0.6 is 0 Å². The highest BCUT2D eigenvalue weighted by Gasteiger charge is 2.35. The summed E-state index contributed by atoms with van der Waals surface area (Å²) in [5, 5.41) is 0. The Labute approximate surface area is 117 Å². The van der Waals surface area contributed by atoms with Crippen molar-refractivity contribution in [2.75, 3.05) is 5.75 Å². The zero-order chi connectivity index (χ0) is 15.1. The fourth-order valence-corrected chi connectivity index (χ4v) is 4.60. The first-order valence-electron chi connectivity index (χ1n) is 6.10. The van der Waals surface area contributed by atoms with Gasteiger partial charge in [0, 0.05) is 5.56 Å². The Morgan fingerprint density at radius 1 is 1.30 bits per heavy atom. The first-order valence-corrected chi connectivity index (χ1v) is 7.76. The molecule has 0 aliphatic carbocycles. The molecule has 0 saturated carbocycles. The van der Waals surface area contributed by atoms with Crippen LogP contribution in [0, 0.1) is 5.41 Å². The van der Waals surface area contributed by atoms with Crippen LogP contribution in [0.5, 0.6) is 0 Å². The Bertz CT molecular complexity index is 702. The predicted molar refractivity (Wildman–Crippen MR) is 76.1 cm³/mol. The number of carbonyl (C=O) groups excluding carboxylic acids is 1. The van der Waals surface area contributed by atoms with E-state index >= 15 is 0 Å². The Hall–Kier alpha value is -1.89. The summed E-state index contributed by atoms with van der Waals surface area (Å²) in [7, 11) is -3.40. The predicted octanol–water partition coefficient (Wildman–Crippen LogP) is 0.456. The summed E-state index contributed by atoms with van der Waals surface area (Å²) in [5.74, 6) is -0.933. The third-order valence-corrected chi connectivity index (χ3v) is 5.34. The molecule has 6 nitrogen and oxygen atoms in total. The molecule has 0 spiro atoms. The minimum atomic E-state index is -3.40. The fraction of sp³-hybridized carbons (Fsp3) is 0.385. The average molecular weight is 295 g/mol. The van der Waals surface area contributed by atoms with E-state index in [9.17, 15) is 13.2 Å². The first kappa shape index (κ1) is 14.5. The number of nitrogens with zero attached hydrogens (tertiary/aromatic N) is 1. The van der Waals surface area contributed by atoms with E-state index in [2.05, 4.69) is 4.99 Å². The highest BCUT2D eigenvalue weighted by molar-refractivity contribution is 7.91. The van der Waals surface area contributed by atoms with Crippen LogP contribution in [-0.2, 0) is 16.3 Å². The number of fused-ring (bicyclic) bond motifs is 1. The van der Waals surface area contributed by atoms with Crippen LogP contribution in [0.1, 0.15) is 29.8 Å². The van der Waals surface area contributed by atoms with Crippen molar-refractivity contribution in [3.05, 3.63) is 29.3 Å². The zero-order valence-corrected chi connectivity index (χ0v) is 12.2. The molecule has 1 aromatic carbocycles. The van der Waals surface area contributed by atoms with Crippen molar-refractivity contribution in [1.82, 2.24) is 0 Å². The van der Waals surface area contributed by atoms with Crippen LogP contribution in [-0.4, -0.2) is 26.0 Å². The number of aliphatic imine (C=N–C) groups is 1. The van der Waals surface area contributed by atoms with Gasteiger partial charge in [0.2, 0.25) is 0 Å². The molecule has 1 heterocycles. The molecule has 1 aliphatic heterocycles. The lowest BCUT2D eigenvalue weighted by Crippen LogP contribution is -2.32. The van der Waals surface area contributed by atoms with Crippen LogP contribution in [0.3, 0.4) is 0 Å². The molecule has 4 N–H and O–H groups in total. The molecular formula is C13H17N3O3S. The Kier molecular flexibility index (Phi) is 3.33. The summed E-state index contributed by atoms with van der Waals surface area (Å²) < 4.78 is 24.6. The van der Waals surface area contributed by atoms with E-state index in [0.717, 1.165) is 5.56 Å². The molecule has 0 aromatic heterocycles. The smallest absolute Gasteiger partial charge is 0.280 e. The second-order valence-electron chi connectivity index (χ2n) is 5.76. The number of guanidine groups is 1. The number of hydrogen-bond donors (Lipinski definition) is 2. The number of carbonyl (C=O) groups is 1. The molecule has 108 valence electrons. The number of amides is 1. The van der Waals surface area contributed by atoms with Gasteiger partial charge in [-0.1, -0.05) is 19.9 Å². The van der Waals surface area contributed by atoms with Gasteiger partial charge in [0.1, 0.15) is 0 Å². The second kappa shape index (κ2) is 4.59. The molecule has 20 heavy (non-hydrogen) atoms. The Balaban J connectivity index is 2.53. The number of sulfone groups is 1. The van der Waals surface area contributed by atoms with Crippen LogP contribution in [0.25, 0.3) is 0 Å². The van der Waals surface area contributed by atoms with Crippen LogP contribution in [0.4, 0.5) is 0 Å². The largest absolute Gasteiger partial charge is 0.370 e. The average Bonchev–Trinajstić information content (AvgIpc) is 2.24. The van der Waals surface area contributed by atoms with E-state index in [1.165, 1.54) is 6.07 Å². The van der Waals surface area contributed by atoms with Crippen molar-refractivity contribution in [2.24, 2.45) is 21.9 Å². The summed E-state index contributed by atoms with van der Waals surface area (Å²) in [6, 6.07) is 4.56. The monoisotopic (exact) mass is 295 g/mol. The molecule has 1 aliphatic rings. The molecule has 0 atom stereocenters. The van der Waals surface area contributed by atoms with E-state index in [1.54, 1.807) is 12.1 Å². The van der Waals surface area contributed by atoms with Gasteiger partial charge >= 0.3 is 0 Å². The molecule has 0 bridgehead atoms. The second-order valence-corrected chi connectivity index (χ2v) is 7.72. The summed E-state index contributed by atoms with van der Waals surface area (Å²) in [6.45, 7) is 3.82. The van der Waals surface area contributed by atoms with Crippen molar-refractivity contribution in [3.8, 4) is 0 Å². The third kappa shape index (κ3) is 2.82. The van der Waals surface area contributed by atoms with Gasteiger partial charge in [-0.15, -0.1) is 0 Å². The molecule has 1 amide bonds. The van der Waals surface area contributed by atoms with E-state index in [0.29, 0.717) is 6.42 Å². The van der Waals surface area contributed by atoms with Gasteiger partial charge in [0.15, 0.2) is 15.8 Å². The first-order chi connectivity index (χ1) is 9.11. The highest BCUT2D eigenvalue weighted by atomic mass is 32.2. The maximum atomic E-state index is 12.3. The van der Waals surface area contributed by atoms with Crippen molar-refractivity contribution < 1.29 is 13.2 Å². The van der Waals surface area contributed by atoms with Crippen LogP contribution in [0.15, 0.2) is 28.1 Å². The minimum absolute atomic E-state index is 0.0624. The van der Waals surface area contributed by atoms with Crippen LogP contribution < -0.4 is 11.5 Å². The van der Waals surface area contributed by atoms with E-state index in [4.69, 9.17) is 11.5 Å². The SMILES string of the molecule is CC1(C)Cc2ccc(C(=O)N=C(N)N)cc2S(=O)(=O)C1. The van der Waals surface area contributed by atoms with Gasteiger partial charge in [0.05, 0.1) is 10.6 Å². The molecule has 7 heteroatoms. The summed E-state index contributed by atoms with van der Waals surface area (Å²) in [4.78, 5) is 15.4. The van der Waals surface area contributed by atoms with Crippen molar-refractivity contribution in [1.29, 1.82) is 0 Å². The summed E-state index contributed by atoms with van der Waals surface area (Å²) >= 11 is 0. The van der Waals surface area contributed by atoms with Gasteiger partial charge in [-0.3, -0.25) is 4.79 Å². The normalized spacial score (nSPS) is 18.9. The van der Waals surface area contributed by atoms with Gasteiger partial charge < -0.3 is 11.5 Å². The fourth-order valence-electron chi connectivity index (χ4n) is 2.46. The number of hydrogen-bond acceptors (Lipinski definition) is 3. The lowest BCUT2D eigenvalue weighted by molar-refractivity contribution is 0.100. The lowest BCUT2D eigenvalue weighted by atomic mass is 9.87. The molecule has 0 unspecified atom stereocenters. The summed E-state index contributed by atoms with van der Waals surface area (Å²) in [6.07, 6.45) is 0.651. The number of benzene rings is 1. The van der Waals surface area contributed by atoms with E-state index in [1.807, 2.05) is 13.8 Å². The molecule has 0 fully saturated rings. The topological polar surface area (TPSA) is 116 Å². The minimum Gasteiger partial charge on any atom is -0.370 e. The lowest BCUT2D eigenvalue weighted by Gasteiger charge is -2.30. The zero-order valence-electron chi connectivity index (χ0n) is 11.4. The standard InChI is InChI=1S/C13H17N3O3S/c1-13(2)6-9-4-3-8(11(17)16-12(14)15)5-10(9)20(18,19)7-13/h3-5H,6-7H2,1-2H3,(H4,14,15,16,17). The van der Waals surface area contributed by atoms with Crippen molar-refractivity contribution in [3.63, 3.8) is 0 Å². The van der Waals surface area contributed by atoms with Gasteiger partial charge in [-0.2, -0.15) is 4.99 Å². The van der Waals surface area contributed by atoms with E-state index in [-0.39, 0.29) is 27.6 Å². The van der Waals surface area contributed by atoms with Gasteiger partial charge in [-0.05, 0) is 29.5 Å². The van der Waals surface area contributed by atoms with Crippen molar-refractivity contribution in [2.45, 2.75) is 25.2 Å². The number of nitrogens with two attached hydrogens (primary N) is 2. The molecule has 2 rings (SSSR count). The molecule has 1 aromatic rings. The van der Waals surface area contributed by atoms with Crippen LogP contribution in [0.2, 0.25) is 0 Å². The van der Waals surface area contributed by atoms with Gasteiger partial charge in [-0.25, -0.2) is 8.42 Å². The summed E-state index contributed by atoms with van der Waals surface area (Å²) in [5.41, 5.74) is 10.9. The third-order valence-electron chi connectivity index (χ3n) is 3.13. The Morgan fingerprint density at radius 2 is 1.95 bits per heavy atom. The quantitative estimate of drug-likeness (QED) is 0.576. The molecule has 0 saturated heterocycles. The highest BCUT2D eigenvalue weighted by Crippen LogP contribution is 2.35.